The molecule has 5 nitrogen and oxygen atoms in total. The van der Waals surface area contributed by atoms with Gasteiger partial charge in [0.1, 0.15) is 0 Å². The topological polar surface area (TPSA) is 65.4 Å². The molecule has 3 N–H and O–H groups in total. The van der Waals surface area contributed by atoms with Crippen molar-refractivity contribution in [3.63, 3.8) is 0 Å². The summed E-state index contributed by atoms with van der Waals surface area (Å²) in [5, 5.41) is 0.549. The van der Waals surface area contributed by atoms with E-state index in [9.17, 15) is 13.6 Å². The highest BCUT2D eigenvalue weighted by molar-refractivity contribution is 5.86. The van der Waals surface area contributed by atoms with Gasteiger partial charge in [-0.1, -0.05) is 6.07 Å². The summed E-state index contributed by atoms with van der Waals surface area (Å²) in [6.07, 6.45) is 5.34. The predicted molar refractivity (Wildman–Crippen MR) is 108 cm³/mol. The number of rotatable bonds is 2. The van der Waals surface area contributed by atoms with Crippen molar-refractivity contribution in [1.82, 2.24) is 9.88 Å². The first-order valence-electron chi connectivity index (χ1n) is 9.93. The minimum atomic E-state index is -0.914. The average molecular weight is 396 g/mol. The Bertz CT molecular complexity index is 1100. The van der Waals surface area contributed by atoms with Gasteiger partial charge in [-0.15, -0.1) is 0 Å². The fourth-order valence-corrected chi connectivity index (χ4v) is 4.69. The van der Waals surface area contributed by atoms with Gasteiger partial charge in [-0.3, -0.25) is 0 Å². The van der Waals surface area contributed by atoms with E-state index in [1.165, 1.54) is 25.3 Å². The van der Waals surface area contributed by atoms with Crippen LogP contribution < -0.4 is 10.6 Å². The van der Waals surface area contributed by atoms with Crippen molar-refractivity contribution in [3.05, 3.63) is 64.9 Å². The number of H-pyrrole nitrogens is 1. The van der Waals surface area contributed by atoms with E-state index < -0.39 is 23.7 Å². The Labute approximate surface area is 167 Å². The second-order valence-electron chi connectivity index (χ2n) is 7.86. The fraction of sp³-hybridized carbons (Fsp3) is 0.318. The number of fused-ring (bicyclic) bond motifs is 2. The van der Waals surface area contributed by atoms with Gasteiger partial charge in [0.05, 0.1) is 6.04 Å². The van der Waals surface area contributed by atoms with Crippen LogP contribution in [0.25, 0.3) is 10.9 Å². The maximum atomic E-state index is 13.9. The number of nitrogens with one attached hydrogen (secondary N) is 1. The smallest absolute Gasteiger partial charge is 0.315 e. The van der Waals surface area contributed by atoms with Crippen molar-refractivity contribution >= 4 is 22.6 Å². The molecule has 2 aliphatic rings. The van der Waals surface area contributed by atoms with Crippen LogP contribution in [0.3, 0.4) is 0 Å². The average Bonchev–Trinajstić information content (AvgIpc) is 3.29. The van der Waals surface area contributed by atoms with Gasteiger partial charge in [0.15, 0.2) is 11.6 Å². The molecule has 7 heteroatoms. The zero-order valence-corrected chi connectivity index (χ0v) is 15.9. The van der Waals surface area contributed by atoms with E-state index in [0.717, 1.165) is 36.0 Å². The molecular weight excluding hydrogens is 374 g/mol. The number of urea groups is 1. The van der Waals surface area contributed by atoms with E-state index in [1.54, 1.807) is 11.1 Å². The Balaban J connectivity index is 1.60. The first-order chi connectivity index (χ1) is 14.0. The number of anilines is 1. The number of nitrogens with zero attached hydrogens (tertiary/aromatic N) is 2. The molecule has 1 saturated heterocycles. The molecule has 2 aromatic carbocycles. The van der Waals surface area contributed by atoms with Crippen LogP contribution in [0, 0.1) is 11.6 Å². The number of primary amides is 1. The van der Waals surface area contributed by atoms with Gasteiger partial charge in [-0.2, -0.15) is 0 Å². The van der Waals surface area contributed by atoms with E-state index in [2.05, 4.69) is 22.0 Å². The summed E-state index contributed by atoms with van der Waals surface area (Å²) in [7, 11) is 0. The molecular formula is C22H22F2N4O. The Hall–Kier alpha value is -3.09. The van der Waals surface area contributed by atoms with E-state index in [-0.39, 0.29) is 0 Å². The van der Waals surface area contributed by atoms with Gasteiger partial charge in [0, 0.05) is 54.1 Å². The summed E-state index contributed by atoms with van der Waals surface area (Å²) in [6, 6.07) is 7.58. The molecule has 150 valence electrons. The minimum absolute atomic E-state index is 0.396. The summed E-state index contributed by atoms with van der Waals surface area (Å²) in [6.45, 7) is 2.47. The number of nitrogens with two attached hydrogens (primary N) is 1. The molecule has 2 aliphatic heterocycles. The molecule has 5 rings (SSSR count). The lowest BCUT2D eigenvalue weighted by Crippen LogP contribution is -2.34. The molecule has 1 fully saturated rings. The van der Waals surface area contributed by atoms with Crippen molar-refractivity contribution in [2.45, 2.75) is 31.8 Å². The van der Waals surface area contributed by atoms with Gasteiger partial charge in [0.25, 0.3) is 0 Å². The molecule has 3 aromatic rings. The summed E-state index contributed by atoms with van der Waals surface area (Å²) < 4.78 is 27.5. The monoisotopic (exact) mass is 396 g/mol. The van der Waals surface area contributed by atoms with Gasteiger partial charge in [0.2, 0.25) is 0 Å². The van der Waals surface area contributed by atoms with Crippen molar-refractivity contribution in [2.24, 2.45) is 5.73 Å². The highest BCUT2D eigenvalue weighted by Gasteiger charge is 2.35. The minimum Gasteiger partial charge on any atom is -0.372 e. The van der Waals surface area contributed by atoms with Gasteiger partial charge >= 0.3 is 6.03 Å². The lowest BCUT2D eigenvalue weighted by molar-refractivity contribution is 0.199. The lowest BCUT2D eigenvalue weighted by atomic mass is 9.96. The van der Waals surface area contributed by atoms with E-state index in [0.29, 0.717) is 23.0 Å². The lowest BCUT2D eigenvalue weighted by Gasteiger charge is -2.29. The van der Waals surface area contributed by atoms with Crippen molar-refractivity contribution < 1.29 is 13.6 Å². The Kier molecular flexibility index (Phi) is 4.19. The van der Waals surface area contributed by atoms with Gasteiger partial charge in [-0.05, 0) is 48.6 Å². The van der Waals surface area contributed by atoms with Crippen LogP contribution in [-0.4, -0.2) is 29.0 Å². The molecule has 2 amide bonds. The second kappa shape index (κ2) is 6.76. The number of carbonyl (C=O) groups excluding carboxylic acids is 1. The highest BCUT2D eigenvalue weighted by Crippen LogP contribution is 2.42. The first-order valence-corrected chi connectivity index (χ1v) is 9.93. The molecule has 0 aliphatic carbocycles. The number of aromatic nitrogens is 1. The maximum absolute atomic E-state index is 13.9. The van der Waals surface area contributed by atoms with Crippen LogP contribution in [0.15, 0.2) is 36.5 Å². The fourth-order valence-electron chi connectivity index (χ4n) is 4.69. The highest BCUT2D eigenvalue weighted by atomic mass is 19.2. The molecule has 0 saturated carbocycles. The van der Waals surface area contributed by atoms with Crippen LogP contribution in [-0.2, 0) is 6.54 Å². The number of hydrogen-bond acceptors (Lipinski definition) is 2. The van der Waals surface area contributed by atoms with E-state index in [1.807, 2.05) is 6.07 Å². The number of piperidine rings is 1. The van der Waals surface area contributed by atoms with Crippen LogP contribution in [0.4, 0.5) is 19.3 Å². The standard InChI is InChI=1S/C22H22F2N4O/c23-18-9-16-17(11-26-20(16)10-19(18)24)21-15-5-4-14(27-6-2-1-3-7-27)8-13(15)12-28(21)22(25)29/h4-5,8-11,21,26H,1-3,6-7,12H2,(H2,25,29). The number of carbonyl (C=O) groups is 1. The zero-order chi connectivity index (χ0) is 20.1. The summed E-state index contributed by atoms with van der Waals surface area (Å²) >= 11 is 0. The van der Waals surface area contributed by atoms with E-state index in [4.69, 9.17) is 5.73 Å². The van der Waals surface area contributed by atoms with Crippen LogP contribution >= 0.6 is 0 Å². The number of amides is 2. The van der Waals surface area contributed by atoms with Crippen molar-refractivity contribution in [3.8, 4) is 0 Å². The summed E-state index contributed by atoms with van der Waals surface area (Å²) in [5.41, 5.74) is 10.0. The van der Waals surface area contributed by atoms with Crippen LogP contribution in [0.2, 0.25) is 0 Å². The third-order valence-electron chi connectivity index (χ3n) is 6.13. The van der Waals surface area contributed by atoms with E-state index >= 15 is 0 Å². The Morgan fingerprint density at radius 3 is 2.55 bits per heavy atom. The second-order valence-corrected chi connectivity index (χ2v) is 7.86. The molecule has 0 spiro atoms. The molecule has 1 unspecified atom stereocenters. The number of hydrogen-bond donors (Lipinski definition) is 2. The third kappa shape index (κ3) is 2.92. The normalized spacial score (nSPS) is 19.0. The van der Waals surface area contributed by atoms with Crippen LogP contribution in [0.5, 0.6) is 0 Å². The quantitative estimate of drug-likeness (QED) is 0.673. The zero-order valence-electron chi connectivity index (χ0n) is 15.9. The Morgan fingerprint density at radius 2 is 1.79 bits per heavy atom. The molecule has 29 heavy (non-hydrogen) atoms. The number of benzene rings is 2. The molecule has 1 aromatic heterocycles. The largest absolute Gasteiger partial charge is 0.372 e. The summed E-state index contributed by atoms with van der Waals surface area (Å²) in [5.74, 6) is -1.82. The van der Waals surface area contributed by atoms with Gasteiger partial charge in [-0.25, -0.2) is 13.6 Å². The molecule has 1 atom stereocenters. The first kappa shape index (κ1) is 18.0. The molecule has 0 radical (unpaired) electrons. The van der Waals surface area contributed by atoms with Crippen molar-refractivity contribution in [2.75, 3.05) is 18.0 Å². The van der Waals surface area contributed by atoms with Crippen molar-refractivity contribution in [1.29, 1.82) is 0 Å². The molecule has 0 bridgehead atoms. The van der Waals surface area contributed by atoms with Gasteiger partial charge < -0.3 is 20.5 Å². The number of halogens is 2. The maximum Gasteiger partial charge on any atom is 0.315 e. The SMILES string of the molecule is NC(=O)N1Cc2cc(N3CCCCC3)ccc2C1c1c[nH]c2cc(F)c(F)cc12. The summed E-state index contributed by atoms with van der Waals surface area (Å²) in [4.78, 5) is 19.2. The number of aromatic amines is 1. The third-order valence-corrected chi connectivity index (χ3v) is 6.13. The Morgan fingerprint density at radius 1 is 1.03 bits per heavy atom. The van der Waals surface area contributed by atoms with Crippen LogP contribution in [0.1, 0.15) is 42.0 Å². The molecule has 3 heterocycles. The predicted octanol–water partition coefficient (Wildman–Crippen LogP) is 4.42.